The number of hydrogen-bond acceptors (Lipinski definition) is 4. The minimum absolute atomic E-state index is 0.142. The Kier molecular flexibility index (Phi) is 5.54. The zero-order valence-electron chi connectivity index (χ0n) is 15.0. The summed E-state index contributed by atoms with van der Waals surface area (Å²) < 4.78 is 11.3. The molecule has 0 atom stereocenters. The molecule has 0 saturated heterocycles. The molecule has 2 aromatic carbocycles. The molecule has 140 valence electrons. The van der Waals surface area contributed by atoms with Crippen molar-refractivity contribution in [1.29, 1.82) is 0 Å². The Balaban J connectivity index is 1.66. The van der Waals surface area contributed by atoms with Gasteiger partial charge in [0.25, 0.3) is 5.91 Å². The molecule has 0 unspecified atom stereocenters. The number of aliphatic hydroxyl groups is 1. The lowest BCUT2D eigenvalue weighted by Crippen LogP contribution is -2.42. The van der Waals surface area contributed by atoms with Gasteiger partial charge in [-0.3, -0.25) is 4.79 Å². The number of halogens is 1. The number of ether oxygens (including phenoxy) is 1. The van der Waals surface area contributed by atoms with Crippen molar-refractivity contribution in [1.82, 2.24) is 0 Å². The molecule has 5 nitrogen and oxygen atoms in total. The van der Waals surface area contributed by atoms with Gasteiger partial charge >= 0.3 is 0 Å². The van der Waals surface area contributed by atoms with Gasteiger partial charge in [-0.15, -0.1) is 0 Å². The number of carbonyl (C=O) groups is 1. The van der Waals surface area contributed by atoms with Crippen molar-refractivity contribution in [3.8, 4) is 17.1 Å². The Morgan fingerprint density at radius 2 is 1.74 bits per heavy atom. The zero-order valence-corrected chi connectivity index (χ0v) is 15.8. The SMILES string of the molecule is CC(C)(Oc1ccc(Cl)cc1)C(=O)Nc1ccc(-c2ccc(CO)o2)cc1. The fourth-order valence-electron chi connectivity index (χ4n) is 2.46. The van der Waals surface area contributed by atoms with Gasteiger partial charge in [-0.05, 0) is 74.5 Å². The molecule has 0 aliphatic rings. The largest absolute Gasteiger partial charge is 0.478 e. The van der Waals surface area contributed by atoms with Crippen LogP contribution in [0, 0.1) is 0 Å². The molecule has 2 N–H and O–H groups in total. The molecule has 0 fully saturated rings. The summed E-state index contributed by atoms with van der Waals surface area (Å²) in [4.78, 5) is 12.6. The van der Waals surface area contributed by atoms with Crippen LogP contribution in [0.2, 0.25) is 5.02 Å². The van der Waals surface area contributed by atoms with Crippen LogP contribution >= 0.6 is 11.6 Å². The Hall–Kier alpha value is -2.76. The summed E-state index contributed by atoms with van der Waals surface area (Å²) in [6.07, 6.45) is 0. The first kappa shape index (κ1) is 19.0. The van der Waals surface area contributed by atoms with E-state index >= 15 is 0 Å². The first-order valence-corrected chi connectivity index (χ1v) is 8.81. The van der Waals surface area contributed by atoms with E-state index in [2.05, 4.69) is 5.32 Å². The zero-order chi connectivity index (χ0) is 19.4. The Morgan fingerprint density at radius 1 is 1.07 bits per heavy atom. The average molecular weight is 386 g/mol. The molecule has 1 amide bonds. The van der Waals surface area contributed by atoms with Crippen molar-refractivity contribution < 1.29 is 19.1 Å². The molecule has 0 bridgehead atoms. The maximum absolute atomic E-state index is 12.6. The van der Waals surface area contributed by atoms with Crippen LogP contribution in [0.3, 0.4) is 0 Å². The molecule has 1 heterocycles. The summed E-state index contributed by atoms with van der Waals surface area (Å²) in [7, 11) is 0. The number of furan rings is 1. The van der Waals surface area contributed by atoms with Gasteiger partial charge in [0.1, 0.15) is 23.9 Å². The van der Waals surface area contributed by atoms with Crippen molar-refractivity contribution >= 4 is 23.2 Å². The third kappa shape index (κ3) is 4.70. The second-order valence-electron chi connectivity index (χ2n) is 6.52. The van der Waals surface area contributed by atoms with Gasteiger partial charge in [0.2, 0.25) is 0 Å². The Labute approximate surface area is 162 Å². The number of amides is 1. The predicted octanol–water partition coefficient (Wildman–Crippen LogP) is 4.89. The first-order valence-electron chi connectivity index (χ1n) is 8.43. The molecule has 1 aromatic heterocycles. The van der Waals surface area contributed by atoms with Crippen LogP contribution in [0.15, 0.2) is 65.1 Å². The van der Waals surface area contributed by atoms with E-state index < -0.39 is 5.60 Å². The van der Waals surface area contributed by atoms with E-state index in [1.807, 2.05) is 12.1 Å². The van der Waals surface area contributed by atoms with Crippen LogP contribution in [-0.4, -0.2) is 16.6 Å². The standard InChI is InChI=1S/C21H20ClNO4/c1-21(2,27-17-9-5-15(22)6-10-17)20(25)23-16-7-3-14(4-8-16)19-12-11-18(13-24)26-19/h3-12,24H,13H2,1-2H3,(H,23,25). The molecule has 3 aromatic rings. The molecular weight excluding hydrogens is 366 g/mol. The van der Waals surface area contributed by atoms with Gasteiger partial charge in [0.15, 0.2) is 5.60 Å². The van der Waals surface area contributed by atoms with Gasteiger partial charge in [-0.25, -0.2) is 0 Å². The monoisotopic (exact) mass is 385 g/mol. The lowest BCUT2D eigenvalue weighted by Gasteiger charge is -2.25. The molecule has 27 heavy (non-hydrogen) atoms. The summed E-state index contributed by atoms with van der Waals surface area (Å²) in [5, 5.41) is 12.5. The van der Waals surface area contributed by atoms with E-state index in [1.54, 1.807) is 62.4 Å². The highest BCUT2D eigenvalue weighted by Crippen LogP contribution is 2.25. The van der Waals surface area contributed by atoms with Gasteiger partial charge in [0, 0.05) is 16.3 Å². The van der Waals surface area contributed by atoms with Crippen molar-refractivity contribution in [3.05, 3.63) is 71.4 Å². The van der Waals surface area contributed by atoms with E-state index in [-0.39, 0.29) is 12.5 Å². The number of aliphatic hydroxyl groups excluding tert-OH is 1. The fourth-order valence-corrected chi connectivity index (χ4v) is 2.59. The lowest BCUT2D eigenvalue weighted by molar-refractivity contribution is -0.128. The third-order valence-corrected chi connectivity index (χ3v) is 4.23. The highest BCUT2D eigenvalue weighted by Gasteiger charge is 2.30. The molecule has 6 heteroatoms. The van der Waals surface area contributed by atoms with Crippen LogP contribution in [0.5, 0.6) is 5.75 Å². The molecular formula is C21H20ClNO4. The van der Waals surface area contributed by atoms with Gasteiger partial charge in [-0.1, -0.05) is 11.6 Å². The molecule has 0 spiro atoms. The van der Waals surface area contributed by atoms with E-state index in [0.717, 1.165) is 5.56 Å². The number of carbonyl (C=O) groups excluding carboxylic acids is 1. The van der Waals surface area contributed by atoms with Crippen molar-refractivity contribution in [2.45, 2.75) is 26.1 Å². The summed E-state index contributed by atoms with van der Waals surface area (Å²) in [5.41, 5.74) is 0.429. The number of anilines is 1. The number of hydrogen-bond donors (Lipinski definition) is 2. The topological polar surface area (TPSA) is 71.7 Å². The van der Waals surface area contributed by atoms with Gasteiger partial charge in [-0.2, -0.15) is 0 Å². The van der Waals surface area contributed by atoms with E-state index in [1.165, 1.54) is 0 Å². The maximum Gasteiger partial charge on any atom is 0.267 e. The quantitative estimate of drug-likeness (QED) is 0.633. The van der Waals surface area contributed by atoms with Gasteiger partial charge in [0.05, 0.1) is 0 Å². The average Bonchev–Trinajstić information content (AvgIpc) is 3.13. The predicted molar refractivity (Wildman–Crippen MR) is 105 cm³/mol. The summed E-state index contributed by atoms with van der Waals surface area (Å²) in [6.45, 7) is 3.26. The number of nitrogens with one attached hydrogen (secondary N) is 1. The highest BCUT2D eigenvalue weighted by atomic mass is 35.5. The van der Waals surface area contributed by atoms with Crippen LogP contribution in [0.1, 0.15) is 19.6 Å². The number of rotatable bonds is 6. The smallest absolute Gasteiger partial charge is 0.267 e. The molecule has 3 rings (SSSR count). The Morgan fingerprint density at radius 3 is 2.33 bits per heavy atom. The van der Waals surface area contributed by atoms with Crippen LogP contribution in [0.4, 0.5) is 5.69 Å². The number of benzene rings is 2. The fraction of sp³-hybridized carbons (Fsp3) is 0.190. The van der Waals surface area contributed by atoms with E-state index in [9.17, 15) is 4.79 Å². The highest BCUT2D eigenvalue weighted by molar-refractivity contribution is 6.30. The first-order chi connectivity index (χ1) is 12.9. The summed E-state index contributed by atoms with van der Waals surface area (Å²) in [5.74, 6) is 1.45. The Bertz CT molecular complexity index is 914. The molecule has 0 saturated carbocycles. The molecule has 0 aliphatic carbocycles. The van der Waals surface area contributed by atoms with Crippen molar-refractivity contribution in [2.75, 3.05) is 5.32 Å². The maximum atomic E-state index is 12.6. The second-order valence-corrected chi connectivity index (χ2v) is 6.96. The normalized spacial score (nSPS) is 11.3. The van der Waals surface area contributed by atoms with Gasteiger partial charge < -0.3 is 19.6 Å². The molecule has 0 aliphatic heterocycles. The van der Waals surface area contributed by atoms with E-state index in [4.69, 9.17) is 25.9 Å². The minimum Gasteiger partial charge on any atom is -0.478 e. The van der Waals surface area contributed by atoms with Crippen LogP contribution in [0.25, 0.3) is 11.3 Å². The summed E-state index contributed by atoms with van der Waals surface area (Å²) >= 11 is 5.87. The molecule has 0 radical (unpaired) electrons. The van der Waals surface area contributed by atoms with Crippen LogP contribution in [-0.2, 0) is 11.4 Å². The van der Waals surface area contributed by atoms with Crippen LogP contribution < -0.4 is 10.1 Å². The minimum atomic E-state index is -1.07. The lowest BCUT2D eigenvalue weighted by atomic mass is 10.1. The third-order valence-electron chi connectivity index (χ3n) is 3.98. The second kappa shape index (κ2) is 7.86. The van der Waals surface area contributed by atoms with Crippen molar-refractivity contribution in [3.63, 3.8) is 0 Å². The van der Waals surface area contributed by atoms with Crippen molar-refractivity contribution in [2.24, 2.45) is 0 Å². The van der Waals surface area contributed by atoms with E-state index in [0.29, 0.717) is 28.0 Å². The summed E-state index contributed by atoms with van der Waals surface area (Å²) in [6, 6.07) is 17.6.